The van der Waals surface area contributed by atoms with E-state index >= 15 is 0 Å². The van der Waals surface area contributed by atoms with Crippen molar-refractivity contribution in [2.24, 2.45) is 0 Å². The molecule has 1 aromatic heterocycles. The molecule has 6 nitrogen and oxygen atoms in total. The fourth-order valence-corrected chi connectivity index (χ4v) is 4.55. The molecule has 2 heterocycles. The van der Waals surface area contributed by atoms with Gasteiger partial charge in [0.15, 0.2) is 11.0 Å². The van der Waals surface area contributed by atoms with Crippen LogP contribution in [-0.4, -0.2) is 43.9 Å². The van der Waals surface area contributed by atoms with Crippen molar-refractivity contribution >= 4 is 23.4 Å². The number of halogens is 2. The van der Waals surface area contributed by atoms with Gasteiger partial charge in [0, 0.05) is 11.4 Å². The zero-order valence-corrected chi connectivity index (χ0v) is 18.6. The van der Waals surface area contributed by atoms with Crippen LogP contribution in [0.3, 0.4) is 0 Å². The smallest absolute Gasteiger partial charge is 0.237 e. The van der Waals surface area contributed by atoms with Gasteiger partial charge in [0.05, 0.1) is 11.8 Å². The lowest BCUT2D eigenvalue weighted by atomic mass is 10.1. The summed E-state index contributed by atoms with van der Waals surface area (Å²) >= 11 is 1.25. The summed E-state index contributed by atoms with van der Waals surface area (Å²) in [6.45, 7) is 4.40. The van der Waals surface area contributed by atoms with Crippen molar-refractivity contribution in [3.8, 4) is 5.69 Å². The van der Waals surface area contributed by atoms with Crippen LogP contribution in [0.15, 0.2) is 53.7 Å². The molecule has 4 rings (SSSR count). The van der Waals surface area contributed by atoms with E-state index in [0.29, 0.717) is 17.4 Å². The van der Waals surface area contributed by atoms with Crippen LogP contribution in [0.25, 0.3) is 5.69 Å². The van der Waals surface area contributed by atoms with Gasteiger partial charge < -0.3 is 5.32 Å². The SMILES string of the molecule is CC(Sc1nnc(CN2CCCCC2)n1-c1ccc(F)cc1)C(=O)Nc1cccc(F)c1. The van der Waals surface area contributed by atoms with E-state index in [4.69, 9.17) is 0 Å². The maximum atomic E-state index is 13.5. The number of hydrogen-bond acceptors (Lipinski definition) is 5. The highest BCUT2D eigenvalue weighted by Gasteiger charge is 2.23. The molecule has 168 valence electrons. The molecule has 32 heavy (non-hydrogen) atoms. The van der Waals surface area contributed by atoms with E-state index in [1.54, 1.807) is 31.2 Å². The van der Waals surface area contributed by atoms with E-state index in [9.17, 15) is 13.6 Å². The molecule has 0 aliphatic carbocycles. The van der Waals surface area contributed by atoms with E-state index in [0.717, 1.165) is 37.4 Å². The predicted octanol–water partition coefficient (Wildman–Crippen LogP) is 4.65. The van der Waals surface area contributed by atoms with E-state index < -0.39 is 11.1 Å². The lowest BCUT2D eigenvalue weighted by Crippen LogP contribution is -2.30. The Hall–Kier alpha value is -2.78. The van der Waals surface area contributed by atoms with Crippen molar-refractivity contribution in [1.29, 1.82) is 0 Å². The molecular weight excluding hydrogens is 432 g/mol. The predicted molar refractivity (Wildman–Crippen MR) is 121 cm³/mol. The molecule has 1 fully saturated rings. The van der Waals surface area contributed by atoms with Crippen LogP contribution in [0.1, 0.15) is 32.0 Å². The Balaban J connectivity index is 1.55. The van der Waals surface area contributed by atoms with Crippen LogP contribution in [0.5, 0.6) is 0 Å². The second kappa shape index (κ2) is 10.2. The number of carbonyl (C=O) groups excluding carboxylic acids is 1. The molecule has 1 unspecified atom stereocenters. The highest BCUT2D eigenvalue weighted by molar-refractivity contribution is 8.00. The Morgan fingerprint density at radius 3 is 2.53 bits per heavy atom. The van der Waals surface area contributed by atoms with Gasteiger partial charge in [0.2, 0.25) is 5.91 Å². The van der Waals surface area contributed by atoms with Crippen molar-refractivity contribution in [2.75, 3.05) is 18.4 Å². The summed E-state index contributed by atoms with van der Waals surface area (Å²) in [6, 6.07) is 11.9. The van der Waals surface area contributed by atoms with Crippen molar-refractivity contribution in [3.63, 3.8) is 0 Å². The molecule has 1 aliphatic rings. The van der Waals surface area contributed by atoms with Gasteiger partial charge >= 0.3 is 0 Å². The molecule has 1 N–H and O–H groups in total. The average Bonchev–Trinajstić information content (AvgIpc) is 3.17. The van der Waals surface area contributed by atoms with Crippen LogP contribution in [-0.2, 0) is 11.3 Å². The Bertz CT molecular complexity index is 1070. The van der Waals surface area contributed by atoms with Gasteiger partial charge in [-0.05, 0) is 75.3 Å². The molecule has 0 bridgehead atoms. The molecule has 9 heteroatoms. The zero-order valence-electron chi connectivity index (χ0n) is 17.8. The molecular formula is C23H25F2N5OS. The van der Waals surface area contributed by atoms with Crippen molar-refractivity contribution in [2.45, 2.75) is 43.1 Å². The first kappa shape index (κ1) is 22.4. The molecule has 0 saturated carbocycles. The number of likely N-dealkylation sites (tertiary alicyclic amines) is 1. The molecule has 0 spiro atoms. The lowest BCUT2D eigenvalue weighted by molar-refractivity contribution is -0.115. The summed E-state index contributed by atoms with van der Waals surface area (Å²) in [7, 11) is 0. The fourth-order valence-electron chi connectivity index (χ4n) is 3.67. The zero-order chi connectivity index (χ0) is 22.5. The highest BCUT2D eigenvalue weighted by Crippen LogP contribution is 2.27. The summed E-state index contributed by atoms with van der Waals surface area (Å²) in [5, 5.41) is 11.5. The third-order valence-electron chi connectivity index (χ3n) is 5.34. The summed E-state index contributed by atoms with van der Waals surface area (Å²) in [5.74, 6) is -0.261. The quantitative estimate of drug-likeness (QED) is 0.523. The Morgan fingerprint density at radius 1 is 1.06 bits per heavy atom. The number of aromatic nitrogens is 3. The number of nitrogens with one attached hydrogen (secondary N) is 1. The van der Waals surface area contributed by atoms with Gasteiger partial charge in [-0.1, -0.05) is 24.2 Å². The number of amides is 1. The van der Waals surface area contributed by atoms with Crippen LogP contribution in [0.2, 0.25) is 0 Å². The first-order valence-corrected chi connectivity index (χ1v) is 11.5. The molecule has 1 aliphatic heterocycles. The van der Waals surface area contributed by atoms with Crippen LogP contribution in [0.4, 0.5) is 14.5 Å². The van der Waals surface area contributed by atoms with Gasteiger partial charge in [0.1, 0.15) is 11.6 Å². The Kier molecular flexibility index (Phi) is 7.16. The summed E-state index contributed by atoms with van der Waals surface area (Å²) in [6.07, 6.45) is 3.55. The molecule has 3 aromatic rings. The highest BCUT2D eigenvalue weighted by atomic mass is 32.2. The molecule has 1 saturated heterocycles. The van der Waals surface area contributed by atoms with E-state index in [2.05, 4.69) is 20.4 Å². The number of benzene rings is 2. The van der Waals surface area contributed by atoms with Gasteiger partial charge in [-0.15, -0.1) is 10.2 Å². The maximum Gasteiger partial charge on any atom is 0.237 e. The second-order valence-corrected chi connectivity index (χ2v) is 9.12. The number of thioether (sulfide) groups is 1. The number of piperidine rings is 1. The summed E-state index contributed by atoms with van der Waals surface area (Å²) in [5.41, 5.74) is 1.14. The van der Waals surface area contributed by atoms with Crippen LogP contribution in [0, 0.1) is 11.6 Å². The second-order valence-electron chi connectivity index (χ2n) is 7.81. The van der Waals surface area contributed by atoms with Crippen molar-refractivity contribution < 1.29 is 13.6 Å². The average molecular weight is 458 g/mol. The van der Waals surface area contributed by atoms with E-state index in [-0.39, 0.29) is 11.7 Å². The van der Waals surface area contributed by atoms with Gasteiger partial charge in [-0.3, -0.25) is 14.3 Å². The minimum atomic E-state index is -0.510. The molecule has 1 amide bonds. The number of anilines is 1. The number of carbonyl (C=O) groups is 1. The summed E-state index contributed by atoms with van der Waals surface area (Å²) < 4.78 is 28.8. The first-order valence-electron chi connectivity index (χ1n) is 10.7. The number of nitrogens with zero attached hydrogens (tertiary/aromatic N) is 4. The van der Waals surface area contributed by atoms with Crippen molar-refractivity contribution in [3.05, 3.63) is 66.0 Å². The minimum Gasteiger partial charge on any atom is -0.325 e. The molecule has 1 atom stereocenters. The number of hydrogen-bond donors (Lipinski definition) is 1. The van der Waals surface area contributed by atoms with E-state index in [1.807, 2.05) is 4.57 Å². The minimum absolute atomic E-state index is 0.271. The lowest BCUT2D eigenvalue weighted by Gasteiger charge is -2.26. The van der Waals surface area contributed by atoms with Crippen molar-refractivity contribution in [1.82, 2.24) is 19.7 Å². The van der Waals surface area contributed by atoms with Crippen LogP contribution >= 0.6 is 11.8 Å². The molecule has 0 radical (unpaired) electrons. The Morgan fingerprint density at radius 2 is 1.81 bits per heavy atom. The monoisotopic (exact) mass is 457 g/mol. The topological polar surface area (TPSA) is 63.1 Å². The number of rotatable bonds is 7. The normalized spacial score (nSPS) is 15.5. The van der Waals surface area contributed by atoms with Gasteiger partial charge in [0.25, 0.3) is 0 Å². The van der Waals surface area contributed by atoms with Gasteiger partial charge in [-0.2, -0.15) is 0 Å². The standard InChI is InChI=1S/C23H25F2N5OS/c1-16(22(31)26-19-7-5-6-18(25)14-19)32-23-28-27-21(15-29-12-3-2-4-13-29)30(23)20-10-8-17(24)9-11-20/h5-11,14,16H,2-4,12-13,15H2,1H3,(H,26,31). The largest absolute Gasteiger partial charge is 0.325 e. The maximum absolute atomic E-state index is 13.5. The fraction of sp³-hybridized carbons (Fsp3) is 0.348. The van der Waals surface area contributed by atoms with Gasteiger partial charge in [-0.25, -0.2) is 8.78 Å². The summed E-state index contributed by atoms with van der Waals surface area (Å²) in [4.78, 5) is 15.0. The molecule has 2 aromatic carbocycles. The first-order chi connectivity index (χ1) is 15.5. The van der Waals surface area contributed by atoms with Crippen LogP contribution < -0.4 is 5.32 Å². The Labute approximate surface area is 190 Å². The third kappa shape index (κ3) is 5.52. The third-order valence-corrected chi connectivity index (χ3v) is 6.39. The van der Waals surface area contributed by atoms with E-state index in [1.165, 1.54) is 42.4 Å².